The highest BCUT2D eigenvalue weighted by molar-refractivity contribution is 5.84. The van der Waals surface area contributed by atoms with E-state index in [1.54, 1.807) is 24.0 Å². The highest BCUT2D eigenvalue weighted by Crippen LogP contribution is 2.11. The van der Waals surface area contributed by atoms with Crippen LogP contribution < -0.4 is 5.32 Å². The maximum atomic E-state index is 12.8. The van der Waals surface area contributed by atoms with Crippen LogP contribution in [0.25, 0.3) is 0 Å². The van der Waals surface area contributed by atoms with E-state index < -0.39 is 0 Å². The Bertz CT molecular complexity index is 402. The summed E-state index contributed by atoms with van der Waals surface area (Å²) < 4.78 is 18.0. The van der Waals surface area contributed by atoms with Crippen LogP contribution in [0.1, 0.15) is 6.92 Å². The van der Waals surface area contributed by atoms with Gasteiger partial charge in [0.2, 0.25) is 5.91 Å². The van der Waals surface area contributed by atoms with Crippen LogP contribution in [0, 0.1) is 5.82 Å². The number of nitrogens with one attached hydrogen (secondary N) is 1. The van der Waals surface area contributed by atoms with Gasteiger partial charge in [0.15, 0.2) is 0 Å². The number of benzene rings is 1. The van der Waals surface area contributed by atoms with Crippen LogP contribution in [0.3, 0.4) is 0 Å². The van der Waals surface area contributed by atoms with Gasteiger partial charge in [-0.25, -0.2) is 4.39 Å². The minimum atomic E-state index is -0.325. The molecule has 0 radical (unpaired) electrons. The van der Waals surface area contributed by atoms with Crippen LogP contribution in [0.2, 0.25) is 0 Å². The van der Waals surface area contributed by atoms with Crippen molar-refractivity contribution in [2.75, 3.05) is 31.6 Å². The molecule has 0 aliphatic carbocycles. The maximum absolute atomic E-state index is 12.8. The Labute approximate surface area is 106 Å². The molecule has 0 aromatic heterocycles. The van der Waals surface area contributed by atoms with Gasteiger partial charge in [0.1, 0.15) is 11.9 Å². The molecule has 1 aliphatic heterocycles. The van der Waals surface area contributed by atoms with E-state index in [0.29, 0.717) is 26.3 Å². The molecule has 1 aliphatic rings. The van der Waals surface area contributed by atoms with Crippen molar-refractivity contribution in [1.29, 1.82) is 0 Å². The lowest BCUT2D eigenvalue weighted by molar-refractivity contribution is -0.135. The highest BCUT2D eigenvalue weighted by atomic mass is 19.1. The number of amides is 1. The SMILES string of the molecule is CC(Nc1ccc(F)cc1)C(=O)N1CCOCC1. The van der Waals surface area contributed by atoms with Gasteiger partial charge in [-0.1, -0.05) is 0 Å². The number of hydrogen-bond donors (Lipinski definition) is 1. The van der Waals surface area contributed by atoms with E-state index in [4.69, 9.17) is 4.74 Å². The van der Waals surface area contributed by atoms with Crippen molar-refractivity contribution in [3.63, 3.8) is 0 Å². The lowest BCUT2D eigenvalue weighted by Gasteiger charge is -2.29. The molecule has 0 saturated carbocycles. The first-order chi connectivity index (χ1) is 8.66. The minimum Gasteiger partial charge on any atom is -0.378 e. The second kappa shape index (κ2) is 5.82. The van der Waals surface area contributed by atoms with Crippen molar-refractivity contribution in [3.05, 3.63) is 30.1 Å². The Hall–Kier alpha value is -1.62. The molecule has 1 N–H and O–H groups in total. The van der Waals surface area contributed by atoms with Gasteiger partial charge in [-0.15, -0.1) is 0 Å². The molecular weight excluding hydrogens is 235 g/mol. The van der Waals surface area contributed by atoms with Gasteiger partial charge < -0.3 is 15.0 Å². The van der Waals surface area contributed by atoms with Crippen LogP contribution in [-0.2, 0) is 9.53 Å². The molecule has 1 fully saturated rings. The third kappa shape index (κ3) is 3.20. The number of nitrogens with zero attached hydrogens (tertiary/aromatic N) is 1. The summed E-state index contributed by atoms with van der Waals surface area (Å²) in [6.07, 6.45) is 0. The first-order valence-corrected chi connectivity index (χ1v) is 6.05. The Kier molecular flexibility index (Phi) is 4.15. The van der Waals surface area contributed by atoms with Gasteiger partial charge in [0, 0.05) is 18.8 Å². The summed E-state index contributed by atoms with van der Waals surface area (Å²) in [4.78, 5) is 13.9. The Morgan fingerprint density at radius 2 is 1.94 bits per heavy atom. The molecule has 1 saturated heterocycles. The average molecular weight is 252 g/mol. The number of morpholine rings is 1. The average Bonchev–Trinajstić information content (AvgIpc) is 2.41. The number of hydrogen-bond acceptors (Lipinski definition) is 3. The Morgan fingerprint density at radius 3 is 2.56 bits per heavy atom. The molecule has 1 aromatic carbocycles. The fourth-order valence-corrected chi connectivity index (χ4v) is 1.92. The van der Waals surface area contributed by atoms with Crippen LogP contribution >= 0.6 is 0 Å². The third-order valence-corrected chi connectivity index (χ3v) is 2.92. The summed E-state index contributed by atoms with van der Waals surface area (Å²) >= 11 is 0. The van der Waals surface area contributed by atoms with E-state index in [1.807, 2.05) is 0 Å². The Morgan fingerprint density at radius 1 is 1.33 bits per heavy atom. The van der Waals surface area contributed by atoms with Crippen LogP contribution in [0.4, 0.5) is 10.1 Å². The number of carbonyl (C=O) groups is 1. The zero-order chi connectivity index (χ0) is 13.0. The quantitative estimate of drug-likeness (QED) is 0.886. The van der Waals surface area contributed by atoms with E-state index in [2.05, 4.69) is 5.32 Å². The fraction of sp³-hybridized carbons (Fsp3) is 0.462. The zero-order valence-electron chi connectivity index (χ0n) is 10.4. The van der Waals surface area contributed by atoms with Gasteiger partial charge in [-0.05, 0) is 31.2 Å². The lowest BCUT2D eigenvalue weighted by atomic mass is 10.2. The van der Waals surface area contributed by atoms with Crippen LogP contribution in [0.15, 0.2) is 24.3 Å². The molecular formula is C13H17FN2O2. The van der Waals surface area contributed by atoms with Gasteiger partial charge in [-0.3, -0.25) is 4.79 Å². The molecule has 1 atom stereocenters. The van der Waals surface area contributed by atoms with Gasteiger partial charge in [0.25, 0.3) is 0 Å². The summed E-state index contributed by atoms with van der Waals surface area (Å²) in [5.74, 6) is -0.240. The largest absolute Gasteiger partial charge is 0.378 e. The molecule has 0 bridgehead atoms. The van der Waals surface area contributed by atoms with Crippen LogP contribution in [-0.4, -0.2) is 43.2 Å². The van der Waals surface area contributed by atoms with Crippen molar-refractivity contribution in [1.82, 2.24) is 4.90 Å². The monoisotopic (exact) mass is 252 g/mol. The molecule has 2 rings (SSSR count). The second-order valence-corrected chi connectivity index (χ2v) is 4.31. The highest BCUT2D eigenvalue weighted by Gasteiger charge is 2.22. The minimum absolute atomic E-state index is 0.0441. The zero-order valence-corrected chi connectivity index (χ0v) is 10.4. The van der Waals surface area contributed by atoms with E-state index in [-0.39, 0.29) is 17.8 Å². The molecule has 0 spiro atoms. The first kappa shape index (κ1) is 12.8. The standard InChI is InChI=1S/C13H17FN2O2/c1-10(13(17)16-6-8-18-9-7-16)15-12-4-2-11(14)3-5-12/h2-5,10,15H,6-9H2,1H3. The first-order valence-electron chi connectivity index (χ1n) is 6.05. The molecule has 1 amide bonds. The van der Waals surface area contributed by atoms with Crippen molar-refractivity contribution >= 4 is 11.6 Å². The molecule has 5 heteroatoms. The number of ether oxygens (including phenoxy) is 1. The van der Waals surface area contributed by atoms with Gasteiger partial charge in [0.05, 0.1) is 13.2 Å². The van der Waals surface area contributed by atoms with E-state index in [0.717, 1.165) is 5.69 Å². The molecule has 18 heavy (non-hydrogen) atoms. The predicted molar refractivity (Wildman–Crippen MR) is 66.9 cm³/mol. The van der Waals surface area contributed by atoms with E-state index in [9.17, 15) is 9.18 Å². The second-order valence-electron chi connectivity index (χ2n) is 4.31. The summed E-state index contributed by atoms with van der Waals surface area (Å²) in [6.45, 7) is 4.26. The fourth-order valence-electron chi connectivity index (χ4n) is 1.92. The Balaban J connectivity index is 1.92. The summed E-state index contributed by atoms with van der Waals surface area (Å²) in [7, 11) is 0. The topological polar surface area (TPSA) is 41.6 Å². The molecule has 1 aromatic rings. The van der Waals surface area contributed by atoms with Gasteiger partial charge >= 0.3 is 0 Å². The number of carbonyl (C=O) groups excluding carboxylic acids is 1. The predicted octanol–water partition coefficient (Wildman–Crippen LogP) is 1.48. The van der Waals surface area contributed by atoms with Crippen molar-refractivity contribution in [3.8, 4) is 0 Å². The van der Waals surface area contributed by atoms with Gasteiger partial charge in [-0.2, -0.15) is 0 Å². The summed E-state index contributed by atoms with van der Waals surface area (Å²) in [5, 5.41) is 3.07. The number of halogens is 1. The maximum Gasteiger partial charge on any atom is 0.244 e. The molecule has 98 valence electrons. The van der Waals surface area contributed by atoms with Crippen molar-refractivity contribution in [2.24, 2.45) is 0 Å². The lowest BCUT2D eigenvalue weighted by Crippen LogP contribution is -2.46. The smallest absolute Gasteiger partial charge is 0.244 e. The summed E-state index contributed by atoms with van der Waals surface area (Å²) in [6, 6.07) is 5.66. The molecule has 1 heterocycles. The molecule has 4 nitrogen and oxygen atoms in total. The van der Waals surface area contributed by atoms with Crippen molar-refractivity contribution in [2.45, 2.75) is 13.0 Å². The molecule has 1 unspecified atom stereocenters. The summed E-state index contributed by atoms with van der Waals surface area (Å²) in [5.41, 5.74) is 0.741. The third-order valence-electron chi connectivity index (χ3n) is 2.92. The normalized spacial score (nSPS) is 17.3. The van der Waals surface area contributed by atoms with Crippen LogP contribution in [0.5, 0.6) is 0 Å². The van der Waals surface area contributed by atoms with E-state index in [1.165, 1.54) is 12.1 Å². The van der Waals surface area contributed by atoms with E-state index >= 15 is 0 Å². The number of rotatable bonds is 3. The number of anilines is 1. The van der Waals surface area contributed by atoms with Crippen molar-refractivity contribution < 1.29 is 13.9 Å².